The molecule has 0 saturated carbocycles. The molecule has 1 saturated heterocycles. The standard InChI is InChI=1S/C12H15BrN2O2S/c1-8(12(17)15-4-2-3-5-15)14-11(16)9-6-10(13)18-7-9/h6-8H,2-5H2,1H3,(H,14,16). The summed E-state index contributed by atoms with van der Waals surface area (Å²) in [6, 6.07) is 1.29. The second kappa shape index (κ2) is 5.84. The molecule has 4 nitrogen and oxygen atoms in total. The number of nitrogens with zero attached hydrogens (tertiary/aromatic N) is 1. The van der Waals surface area contributed by atoms with Gasteiger partial charge in [0.05, 0.1) is 9.35 Å². The number of carbonyl (C=O) groups excluding carboxylic acids is 2. The minimum Gasteiger partial charge on any atom is -0.341 e. The zero-order valence-electron chi connectivity index (χ0n) is 10.1. The summed E-state index contributed by atoms with van der Waals surface area (Å²) in [7, 11) is 0. The zero-order valence-corrected chi connectivity index (χ0v) is 12.5. The summed E-state index contributed by atoms with van der Waals surface area (Å²) in [5.41, 5.74) is 0.591. The fourth-order valence-corrected chi connectivity index (χ4v) is 3.12. The molecule has 2 amide bonds. The summed E-state index contributed by atoms with van der Waals surface area (Å²) < 4.78 is 0.908. The van der Waals surface area contributed by atoms with Crippen LogP contribution in [0.15, 0.2) is 15.2 Å². The molecule has 1 aliphatic heterocycles. The lowest BCUT2D eigenvalue weighted by Gasteiger charge is -2.20. The van der Waals surface area contributed by atoms with E-state index in [-0.39, 0.29) is 11.8 Å². The van der Waals surface area contributed by atoms with E-state index in [1.165, 1.54) is 11.3 Å². The predicted molar refractivity (Wildman–Crippen MR) is 74.8 cm³/mol. The van der Waals surface area contributed by atoms with E-state index in [0.717, 1.165) is 29.7 Å². The fraction of sp³-hybridized carbons (Fsp3) is 0.500. The van der Waals surface area contributed by atoms with Crippen molar-refractivity contribution in [3.8, 4) is 0 Å². The number of amides is 2. The van der Waals surface area contributed by atoms with Gasteiger partial charge in [-0.15, -0.1) is 11.3 Å². The molecule has 18 heavy (non-hydrogen) atoms. The summed E-state index contributed by atoms with van der Waals surface area (Å²) in [5, 5.41) is 4.51. The molecule has 0 aromatic carbocycles. The summed E-state index contributed by atoms with van der Waals surface area (Å²) >= 11 is 4.77. The lowest BCUT2D eigenvalue weighted by Crippen LogP contribution is -2.45. The Kier molecular flexibility index (Phi) is 4.40. The van der Waals surface area contributed by atoms with Crippen molar-refractivity contribution in [2.75, 3.05) is 13.1 Å². The lowest BCUT2D eigenvalue weighted by atomic mass is 10.2. The van der Waals surface area contributed by atoms with Crippen LogP contribution >= 0.6 is 27.3 Å². The maximum atomic E-state index is 12.0. The van der Waals surface area contributed by atoms with Crippen molar-refractivity contribution in [1.29, 1.82) is 0 Å². The zero-order chi connectivity index (χ0) is 13.1. The summed E-state index contributed by atoms with van der Waals surface area (Å²) in [6.07, 6.45) is 2.12. The second-order valence-electron chi connectivity index (χ2n) is 4.37. The molecule has 1 N–H and O–H groups in total. The Morgan fingerprint density at radius 2 is 2.11 bits per heavy atom. The van der Waals surface area contributed by atoms with Gasteiger partial charge in [-0.25, -0.2) is 0 Å². The average Bonchev–Trinajstić information content (AvgIpc) is 2.98. The van der Waals surface area contributed by atoms with Crippen molar-refractivity contribution in [3.05, 3.63) is 20.8 Å². The first-order valence-electron chi connectivity index (χ1n) is 5.91. The maximum Gasteiger partial charge on any atom is 0.252 e. The van der Waals surface area contributed by atoms with Crippen LogP contribution in [0.2, 0.25) is 0 Å². The van der Waals surface area contributed by atoms with Crippen LogP contribution < -0.4 is 5.32 Å². The Morgan fingerprint density at radius 1 is 1.44 bits per heavy atom. The van der Waals surface area contributed by atoms with Crippen LogP contribution in [-0.4, -0.2) is 35.8 Å². The normalized spacial score (nSPS) is 16.7. The smallest absolute Gasteiger partial charge is 0.252 e. The highest BCUT2D eigenvalue weighted by Crippen LogP contribution is 2.20. The first kappa shape index (κ1) is 13.5. The van der Waals surface area contributed by atoms with E-state index in [0.29, 0.717) is 5.56 Å². The van der Waals surface area contributed by atoms with E-state index in [4.69, 9.17) is 0 Å². The highest BCUT2D eigenvalue weighted by molar-refractivity contribution is 9.11. The lowest BCUT2D eigenvalue weighted by molar-refractivity contribution is -0.131. The highest BCUT2D eigenvalue weighted by Gasteiger charge is 2.24. The van der Waals surface area contributed by atoms with Gasteiger partial charge in [-0.1, -0.05) is 0 Å². The average molecular weight is 331 g/mol. The third-order valence-electron chi connectivity index (χ3n) is 2.97. The number of halogens is 1. The van der Waals surface area contributed by atoms with E-state index in [2.05, 4.69) is 21.2 Å². The van der Waals surface area contributed by atoms with Gasteiger partial charge in [-0.05, 0) is 41.8 Å². The number of rotatable bonds is 3. The van der Waals surface area contributed by atoms with Crippen LogP contribution in [0.4, 0.5) is 0 Å². The molecule has 1 atom stereocenters. The quantitative estimate of drug-likeness (QED) is 0.924. The molecule has 1 aliphatic rings. The molecule has 0 aliphatic carbocycles. The number of thiophene rings is 1. The van der Waals surface area contributed by atoms with Crippen molar-refractivity contribution in [1.82, 2.24) is 10.2 Å². The molecular formula is C12H15BrN2O2S. The van der Waals surface area contributed by atoms with Gasteiger partial charge in [0.1, 0.15) is 6.04 Å². The first-order valence-corrected chi connectivity index (χ1v) is 7.59. The number of hydrogen-bond acceptors (Lipinski definition) is 3. The first-order chi connectivity index (χ1) is 8.58. The van der Waals surface area contributed by atoms with Crippen LogP contribution in [0.3, 0.4) is 0 Å². The van der Waals surface area contributed by atoms with Gasteiger partial charge in [0.2, 0.25) is 5.91 Å². The fourth-order valence-electron chi connectivity index (χ4n) is 1.98. The predicted octanol–water partition coefficient (Wildman–Crippen LogP) is 2.25. The Labute approximate surface area is 118 Å². The van der Waals surface area contributed by atoms with E-state index in [9.17, 15) is 9.59 Å². The molecule has 0 bridgehead atoms. The molecule has 6 heteroatoms. The Morgan fingerprint density at radius 3 is 2.67 bits per heavy atom. The van der Waals surface area contributed by atoms with Gasteiger partial charge in [0.25, 0.3) is 5.91 Å². The van der Waals surface area contributed by atoms with Crippen LogP contribution in [0.25, 0.3) is 0 Å². The van der Waals surface area contributed by atoms with Gasteiger partial charge in [-0.2, -0.15) is 0 Å². The Hall–Kier alpha value is -0.880. The number of hydrogen-bond donors (Lipinski definition) is 1. The van der Waals surface area contributed by atoms with E-state index in [1.54, 1.807) is 18.4 Å². The number of carbonyl (C=O) groups is 2. The van der Waals surface area contributed by atoms with Crippen molar-refractivity contribution in [3.63, 3.8) is 0 Å². The summed E-state index contributed by atoms with van der Waals surface area (Å²) in [6.45, 7) is 3.35. The Bertz CT molecular complexity index is 455. The van der Waals surface area contributed by atoms with Crippen molar-refractivity contribution >= 4 is 39.1 Å². The number of likely N-dealkylation sites (tertiary alicyclic amines) is 1. The minimum atomic E-state index is -0.464. The van der Waals surface area contributed by atoms with Crippen LogP contribution in [0.5, 0.6) is 0 Å². The minimum absolute atomic E-state index is 0.00939. The van der Waals surface area contributed by atoms with Crippen molar-refractivity contribution in [2.45, 2.75) is 25.8 Å². The van der Waals surface area contributed by atoms with Gasteiger partial charge >= 0.3 is 0 Å². The molecule has 0 radical (unpaired) electrons. The SMILES string of the molecule is CC(NC(=O)c1csc(Br)c1)C(=O)N1CCCC1. The van der Waals surface area contributed by atoms with Gasteiger partial charge in [-0.3, -0.25) is 9.59 Å². The highest BCUT2D eigenvalue weighted by atomic mass is 79.9. The second-order valence-corrected chi connectivity index (χ2v) is 6.66. The number of nitrogens with one attached hydrogen (secondary N) is 1. The third kappa shape index (κ3) is 3.11. The van der Waals surface area contributed by atoms with Gasteiger partial charge < -0.3 is 10.2 Å². The topological polar surface area (TPSA) is 49.4 Å². The van der Waals surface area contributed by atoms with Gasteiger partial charge in [0, 0.05) is 18.5 Å². The molecule has 0 spiro atoms. The monoisotopic (exact) mass is 330 g/mol. The van der Waals surface area contributed by atoms with E-state index < -0.39 is 6.04 Å². The van der Waals surface area contributed by atoms with Crippen molar-refractivity contribution < 1.29 is 9.59 Å². The molecule has 1 fully saturated rings. The van der Waals surface area contributed by atoms with Crippen LogP contribution in [0, 0.1) is 0 Å². The van der Waals surface area contributed by atoms with Crippen LogP contribution in [0.1, 0.15) is 30.1 Å². The van der Waals surface area contributed by atoms with Crippen LogP contribution in [-0.2, 0) is 4.79 Å². The maximum absolute atomic E-state index is 12.0. The van der Waals surface area contributed by atoms with Gasteiger partial charge in [0.15, 0.2) is 0 Å². The molecule has 98 valence electrons. The third-order valence-corrected chi connectivity index (χ3v) is 4.47. The molecule has 1 aromatic rings. The summed E-state index contributed by atoms with van der Waals surface area (Å²) in [4.78, 5) is 25.7. The molecule has 2 heterocycles. The largest absolute Gasteiger partial charge is 0.341 e. The summed E-state index contributed by atoms with van der Waals surface area (Å²) in [5.74, 6) is -0.188. The van der Waals surface area contributed by atoms with E-state index >= 15 is 0 Å². The molecule has 1 unspecified atom stereocenters. The van der Waals surface area contributed by atoms with Crippen molar-refractivity contribution in [2.24, 2.45) is 0 Å². The molecule has 1 aromatic heterocycles. The Balaban J connectivity index is 1.92. The molecule has 2 rings (SSSR count). The van der Waals surface area contributed by atoms with E-state index in [1.807, 2.05) is 4.90 Å². The molecular weight excluding hydrogens is 316 g/mol.